The average molecular weight is 803 g/mol. The van der Waals surface area contributed by atoms with Crippen LogP contribution in [0, 0.1) is 0 Å². The minimum atomic E-state index is -0.660. The monoisotopic (exact) mass is 802 g/mol. The quantitative estimate of drug-likeness (QED) is 0.141. The van der Waals surface area contributed by atoms with Gasteiger partial charge in [-0.3, -0.25) is 0 Å². The summed E-state index contributed by atoms with van der Waals surface area (Å²) in [6.07, 6.45) is 0. The zero-order chi connectivity index (χ0) is 41.7. The highest BCUT2D eigenvalue weighted by atomic mass is 15.1. The zero-order valence-corrected chi connectivity index (χ0v) is 34.6. The number of nitrogens with zero attached hydrogens (tertiary/aromatic N) is 2. The molecule has 0 bridgehead atoms. The fourth-order valence-corrected chi connectivity index (χ4v) is 10.5. The van der Waals surface area contributed by atoms with Crippen molar-refractivity contribution in [1.29, 1.82) is 0 Å². The standard InChI is InChI=1S/C61H42N2/c1-6-23-44(24-7-1)61(45-25-8-2-9-26-45)57-42-50(63(48-31-14-5-15-32-48)58-36-20-22-43-21-16-17-33-51(43)58)38-40-55(57)59-53-35-19-18-34-52(53)56-41-49(37-39-54(56)60(59)61)62(46-27-10-3-11-28-46)47-29-12-4-13-30-47/h1-42H. The van der Waals surface area contributed by atoms with E-state index in [1.165, 1.54) is 65.7 Å². The van der Waals surface area contributed by atoms with Gasteiger partial charge >= 0.3 is 0 Å². The lowest BCUT2D eigenvalue weighted by atomic mass is 9.66. The summed E-state index contributed by atoms with van der Waals surface area (Å²) in [5, 5.41) is 7.38. The molecule has 0 saturated heterocycles. The number of para-hydroxylation sites is 3. The molecule has 11 aromatic rings. The van der Waals surface area contributed by atoms with E-state index in [1.54, 1.807) is 0 Å². The first-order valence-electron chi connectivity index (χ1n) is 21.8. The van der Waals surface area contributed by atoms with Crippen molar-refractivity contribution in [2.75, 3.05) is 9.80 Å². The van der Waals surface area contributed by atoms with E-state index in [2.05, 4.69) is 265 Å². The van der Waals surface area contributed by atoms with Gasteiger partial charge in [0.1, 0.15) is 0 Å². The number of rotatable bonds is 8. The SMILES string of the molecule is c1ccc(N(c2ccccc2)c2ccc3c4c(c5ccccc5c3c2)-c2ccc(N(c3ccccc3)c3cccc5ccccc35)cc2C4(c2ccccc2)c2ccccc2)cc1. The van der Waals surface area contributed by atoms with Crippen LogP contribution in [0.25, 0.3) is 43.4 Å². The van der Waals surface area contributed by atoms with Crippen molar-refractivity contribution in [2.45, 2.75) is 5.41 Å². The molecule has 0 atom stereocenters. The minimum absolute atomic E-state index is 0.660. The Labute approximate surface area is 368 Å². The van der Waals surface area contributed by atoms with Crippen molar-refractivity contribution in [3.05, 3.63) is 277 Å². The van der Waals surface area contributed by atoms with Gasteiger partial charge in [0.25, 0.3) is 0 Å². The molecule has 0 N–H and O–H groups in total. The first-order valence-corrected chi connectivity index (χ1v) is 21.8. The van der Waals surface area contributed by atoms with Crippen LogP contribution in [0.15, 0.2) is 255 Å². The predicted molar refractivity (Wildman–Crippen MR) is 266 cm³/mol. The Kier molecular flexibility index (Phi) is 8.76. The lowest BCUT2D eigenvalue weighted by Gasteiger charge is -2.36. The summed E-state index contributed by atoms with van der Waals surface area (Å²) >= 11 is 0. The lowest BCUT2D eigenvalue weighted by Crippen LogP contribution is -2.29. The molecular formula is C61H42N2. The molecule has 0 fully saturated rings. The summed E-state index contributed by atoms with van der Waals surface area (Å²) in [4.78, 5) is 4.81. The number of fused-ring (bicyclic) bond motifs is 9. The first-order chi connectivity index (χ1) is 31.3. The van der Waals surface area contributed by atoms with Crippen LogP contribution < -0.4 is 9.80 Å². The third kappa shape index (κ3) is 5.80. The molecule has 296 valence electrons. The number of benzene rings is 11. The maximum absolute atomic E-state index is 2.49. The highest BCUT2D eigenvalue weighted by molar-refractivity contribution is 6.20. The summed E-state index contributed by atoms with van der Waals surface area (Å²) in [7, 11) is 0. The Morgan fingerprint density at radius 1 is 0.286 bits per heavy atom. The molecule has 0 unspecified atom stereocenters. The molecule has 1 aliphatic carbocycles. The Balaban J connectivity index is 1.19. The van der Waals surface area contributed by atoms with Crippen molar-refractivity contribution in [1.82, 2.24) is 0 Å². The van der Waals surface area contributed by atoms with Crippen LogP contribution in [-0.2, 0) is 5.41 Å². The van der Waals surface area contributed by atoms with Crippen LogP contribution in [0.3, 0.4) is 0 Å². The van der Waals surface area contributed by atoms with E-state index in [-0.39, 0.29) is 0 Å². The van der Waals surface area contributed by atoms with Gasteiger partial charge in [-0.2, -0.15) is 0 Å². The van der Waals surface area contributed by atoms with Crippen LogP contribution in [-0.4, -0.2) is 0 Å². The highest BCUT2D eigenvalue weighted by Crippen LogP contribution is 2.61. The topological polar surface area (TPSA) is 6.48 Å². The largest absolute Gasteiger partial charge is 0.310 e. The summed E-state index contributed by atoms with van der Waals surface area (Å²) in [6, 6.07) is 93.4. The molecule has 0 saturated carbocycles. The van der Waals surface area contributed by atoms with Gasteiger partial charge in [0.2, 0.25) is 0 Å². The smallest absolute Gasteiger partial charge is 0.0720 e. The van der Waals surface area contributed by atoms with Gasteiger partial charge in [-0.1, -0.05) is 188 Å². The van der Waals surface area contributed by atoms with E-state index in [9.17, 15) is 0 Å². The van der Waals surface area contributed by atoms with Crippen molar-refractivity contribution in [3.8, 4) is 11.1 Å². The second kappa shape index (κ2) is 15.1. The van der Waals surface area contributed by atoms with E-state index in [1.807, 2.05) is 0 Å². The van der Waals surface area contributed by atoms with Crippen LogP contribution in [0.2, 0.25) is 0 Å². The molecule has 63 heavy (non-hydrogen) atoms. The maximum Gasteiger partial charge on any atom is 0.0720 e. The molecule has 2 heteroatoms. The molecule has 12 rings (SSSR count). The predicted octanol–water partition coefficient (Wildman–Crippen LogP) is 16.4. The number of hydrogen-bond acceptors (Lipinski definition) is 2. The molecular weight excluding hydrogens is 761 g/mol. The molecule has 0 aliphatic heterocycles. The van der Waals surface area contributed by atoms with Crippen molar-refractivity contribution in [3.63, 3.8) is 0 Å². The molecule has 2 nitrogen and oxygen atoms in total. The number of anilines is 6. The van der Waals surface area contributed by atoms with Gasteiger partial charge in [-0.15, -0.1) is 0 Å². The van der Waals surface area contributed by atoms with Crippen LogP contribution >= 0.6 is 0 Å². The van der Waals surface area contributed by atoms with Gasteiger partial charge in [0.05, 0.1) is 11.1 Å². The van der Waals surface area contributed by atoms with Gasteiger partial charge in [-0.25, -0.2) is 0 Å². The fraction of sp³-hybridized carbons (Fsp3) is 0.0164. The molecule has 0 spiro atoms. The molecule has 1 aliphatic rings. The van der Waals surface area contributed by atoms with Crippen molar-refractivity contribution < 1.29 is 0 Å². The fourth-order valence-electron chi connectivity index (χ4n) is 10.5. The van der Waals surface area contributed by atoms with E-state index in [4.69, 9.17) is 0 Å². The average Bonchev–Trinajstić information content (AvgIpc) is 3.67. The van der Waals surface area contributed by atoms with E-state index >= 15 is 0 Å². The zero-order valence-electron chi connectivity index (χ0n) is 34.6. The summed E-state index contributed by atoms with van der Waals surface area (Å²) in [5.41, 5.74) is 13.6. The molecule has 0 amide bonds. The third-order valence-corrected chi connectivity index (χ3v) is 13.0. The van der Waals surface area contributed by atoms with Crippen LogP contribution in [0.5, 0.6) is 0 Å². The maximum atomic E-state index is 2.49. The molecule has 0 heterocycles. The molecule has 0 radical (unpaired) electrons. The van der Waals surface area contributed by atoms with Crippen LogP contribution in [0.4, 0.5) is 34.1 Å². The lowest BCUT2D eigenvalue weighted by molar-refractivity contribution is 0.776. The Hall–Kier alpha value is -8.20. The van der Waals surface area contributed by atoms with Gasteiger partial charge < -0.3 is 9.80 Å². The Bertz CT molecular complexity index is 3350. The summed E-state index contributed by atoms with van der Waals surface area (Å²) in [5.74, 6) is 0. The number of hydrogen-bond donors (Lipinski definition) is 0. The van der Waals surface area contributed by atoms with Crippen molar-refractivity contribution >= 4 is 66.4 Å². The molecule has 11 aromatic carbocycles. The van der Waals surface area contributed by atoms with E-state index in [0.717, 1.165) is 34.1 Å². The summed E-state index contributed by atoms with van der Waals surface area (Å²) < 4.78 is 0. The van der Waals surface area contributed by atoms with Gasteiger partial charge in [-0.05, 0) is 127 Å². The summed E-state index contributed by atoms with van der Waals surface area (Å²) in [6.45, 7) is 0. The van der Waals surface area contributed by atoms with Crippen molar-refractivity contribution in [2.24, 2.45) is 0 Å². The van der Waals surface area contributed by atoms with Gasteiger partial charge in [0, 0.05) is 33.8 Å². The second-order valence-electron chi connectivity index (χ2n) is 16.4. The molecule has 0 aromatic heterocycles. The highest BCUT2D eigenvalue weighted by Gasteiger charge is 2.48. The third-order valence-electron chi connectivity index (χ3n) is 13.0. The Morgan fingerprint density at radius 3 is 1.38 bits per heavy atom. The first kappa shape index (κ1) is 36.6. The minimum Gasteiger partial charge on any atom is -0.310 e. The second-order valence-corrected chi connectivity index (χ2v) is 16.4. The van der Waals surface area contributed by atoms with Gasteiger partial charge in [0.15, 0.2) is 0 Å². The van der Waals surface area contributed by atoms with E-state index < -0.39 is 5.41 Å². The Morgan fingerprint density at radius 2 is 0.762 bits per heavy atom. The van der Waals surface area contributed by atoms with E-state index in [0.29, 0.717) is 0 Å². The normalized spacial score (nSPS) is 12.6. The van der Waals surface area contributed by atoms with Crippen LogP contribution in [0.1, 0.15) is 22.3 Å².